The van der Waals surface area contributed by atoms with Gasteiger partial charge < -0.3 is 14.4 Å². The predicted molar refractivity (Wildman–Crippen MR) is 142 cm³/mol. The van der Waals surface area contributed by atoms with Crippen LogP contribution in [0.15, 0.2) is 95.8 Å². The Morgan fingerprint density at radius 1 is 1.11 bits per heavy atom. The average Bonchev–Trinajstić information content (AvgIpc) is 3.12. The van der Waals surface area contributed by atoms with Gasteiger partial charge in [0.1, 0.15) is 12.8 Å². The van der Waals surface area contributed by atoms with Crippen LogP contribution in [0.5, 0.6) is 5.88 Å². The molecule has 8 nitrogen and oxygen atoms in total. The van der Waals surface area contributed by atoms with Crippen molar-refractivity contribution < 1.29 is 19.1 Å². The monoisotopic (exact) mass is 494 g/mol. The van der Waals surface area contributed by atoms with Gasteiger partial charge in [-0.2, -0.15) is 0 Å². The maximum atomic E-state index is 12.9. The Morgan fingerprint density at radius 3 is 2.76 bits per heavy atom. The highest BCUT2D eigenvalue weighted by Crippen LogP contribution is 2.33. The molecule has 2 heterocycles. The van der Waals surface area contributed by atoms with E-state index in [-0.39, 0.29) is 18.9 Å². The molecule has 0 saturated heterocycles. The summed E-state index contributed by atoms with van der Waals surface area (Å²) >= 11 is 0. The van der Waals surface area contributed by atoms with Gasteiger partial charge in [0, 0.05) is 30.5 Å². The van der Waals surface area contributed by atoms with Crippen LogP contribution in [0.4, 0.5) is 10.5 Å². The Morgan fingerprint density at radius 2 is 1.95 bits per heavy atom. The van der Waals surface area contributed by atoms with Crippen LogP contribution in [-0.2, 0) is 16.1 Å². The number of hydrogen-bond acceptors (Lipinski definition) is 7. The van der Waals surface area contributed by atoms with Gasteiger partial charge in [0.25, 0.3) is 0 Å². The van der Waals surface area contributed by atoms with Crippen molar-refractivity contribution in [2.24, 2.45) is 4.99 Å². The third-order valence-electron chi connectivity index (χ3n) is 6.11. The summed E-state index contributed by atoms with van der Waals surface area (Å²) in [7, 11) is 1.58. The SMILES string of the molecule is COc1cc(-c2ccc3c(c2)N(C2=CC=CCC2=O)CC(NC(=O)OCc2ccccc2)N=C3)ccn1. The molecule has 1 aliphatic heterocycles. The van der Waals surface area contributed by atoms with Gasteiger partial charge in [0.2, 0.25) is 5.88 Å². The molecule has 3 aromatic rings. The Hall–Kier alpha value is -4.72. The van der Waals surface area contributed by atoms with Crippen LogP contribution >= 0.6 is 0 Å². The van der Waals surface area contributed by atoms with Gasteiger partial charge in [-0.1, -0.05) is 54.6 Å². The molecule has 0 spiro atoms. The van der Waals surface area contributed by atoms with E-state index in [9.17, 15) is 9.59 Å². The van der Waals surface area contributed by atoms with E-state index < -0.39 is 12.3 Å². The first-order chi connectivity index (χ1) is 18.1. The second-order valence-electron chi connectivity index (χ2n) is 8.58. The van der Waals surface area contributed by atoms with E-state index in [4.69, 9.17) is 9.47 Å². The number of carbonyl (C=O) groups is 2. The van der Waals surface area contributed by atoms with Crippen molar-refractivity contribution in [2.45, 2.75) is 19.2 Å². The van der Waals surface area contributed by atoms with Crippen LogP contribution in [0.3, 0.4) is 0 Å². The number of nitrogens with one attached hydrogen (secondary N) is 1. The molecule has 2 aliphatic rings. The van der Waals surface area contributed by atoms with Gasteiger partial charge in [-0.25, -0.2) is 9.78 Å². The lowest BCUT2D eigenvalue weighted by atomic mass is 10.0. The maximum absolute atomic E-state index is 12.9. The highest BCUT2D eigenvalue weighted by Gasteiger charge is 2.27. The maximum Gasteiger partial charge on any atom is 0.409 e. The Bertz CT molecular complexity index is 1400. The smallest absolute Gasteiger partial charge is 0.409 e. The molecular weight excluding hydrogens is 468 g/mol. The number of fused-ring (bicyclic) bond motifs is 1. The van der Waals surface area contributed by atoms with Crippen molar-refractivity contribution >= 4 is 23.8 Å². The number of aliphatic imine (C=N–C) groups is 1. The van der Waals surface area contributed by atoms with Crippen LogP contribution in [0.25, 0.3) is 11.1 Å². The molecule has 5 rings (SSSR count). The van der Waals surface area contributed by atoms with Gasteiger partial charge in [0.15, 0.2) is 5.78 Å². The minimum absolute atomic E-state index is 0.00302. The van der Waals surface area contributed by atoms with Crippen LogP contribution < -0.4 is 15.0 Å². The Kier molecular flexibility index (Phi) is 7.07. The molecule has 1 N–H and O–H groups in total. The minimum Gasteiger partial charge on any atom is -0.481 e. The first kappa shape index (κ1) is 24.0. The number of pyridine rings is 1. The Balaban J connectivity index is 1.42. The fourth-order valence-electron chi connectivity index (χ4n) is 4.24. The number of benzene rings is 2. The van der Waals surface area contributed by atoms with E-state index in [1.54, 1.807) is 25.6 Å². The van der Waals surface area contributed by atoms with E-state index in [1.807, 2.05) is 77.7 Å². The van der Waals surface area contributed by atoms with Crippen molar-refractivity contribution in [1.82, 2.24) is 10.3 Å². The molecule has 0 saturated carbocycles. The molecule has 37 heavy (non-hydrogen) atoms. The van der Waals surface area contributed by atoms with Crippen molar-refractivity contribution in [3.8, 4) is 17.0 Å². The average molecular weight is 495 g/mol. The first-order valence-electron chi connectivity index (χ1n) is 11.9. The number of anilines is 1. The third-order valence-corrected chi connectivity index (χ3v) is 6.11. The number of ketones is 1. The van der Waals surface area contributed by atoms with Crippen molar-refractivity contribution in [3.63, 3.8) is 0 Å². The van der Waals surface area contributed by atoms with Crippen LogP contribution in [-0.4, -0.2) is 42.9 Å². The lowest BCUT2D eigenvalue weighted by Gasteiger charge is -2.30. The number of hydrogen-bond donors (Lipinski definition) is 1. The number of carbonyl (C=O) groups excluding carboxylic acids is 2. The fraction of sp³-hybridized carbons (Fsp3) is 0.172. The molecule has 1 aromatic heterocycles. The molecule has 8 heteroatoms. The standard InChI is InChI=1S/C29H26N4O4/c1-36-28-16-22(13-14-30-28)21-11-12-23-17-31-27(32-29(35)37-19-20-7-3-2-4-8-20)18-33(25(23)15-21)24-9-5-6-10-26(24)34/h2-9,11-17,27H,10,18-19H2,1H3,(H,32,35). The quantitative estimate of drug-likeness (QED) is 0.536. The molecule has 1 atom stereocenters. The van der Waals surface area contributed by atoms with E-state index in [2.05, 4.69) is 15.3 Å². The van der Waals surface area contributed by atoms with Crippen LogP contribution in [0, 0.1) is 0 Å². The number of alkyl carbamates (subject to hydrolysis) is 1. The second kappa shape index (κ2) is 10.9. The number of allylic oxidation sites excluding steroid dienone is 4. The summed E-state index contributed by atoms with van der Waals surface area (Å²) in [6.07, 6.45) is 8.03. The number of methoxy groups -OCH3 is 1. The lowest BCUT2D eigenvalue weighted by molar-refractivity contribution is -0.115. The van der Waals surface area contributed by atoms with Crippen molar-refractivity contribution in [3.05, 3.63) is 102 Å². The normalized spacial score (nSPS) is 16.5. The Labute approximate surface area is 215 Å². The number of nitrogens with zero attached hydrogens (tertiary/aromatic N) is 3. The summed E-state index contributed by atoms with van der Waals surface area (Å²) in [6, 6.07) is 19.2. The zero-order valence-corrected chi connectivity index (χ0v) is 20.3. The highest BCUT2D eigenvalue weighted by atomic mass is 16.5. The molecule has 186 valence electrons. The number of ether oxygens (including phenoxy) is 2. The first-order valence-corrected chi connectivity index (χ1v) is 11.9. The number of rotatable bonds is 6. The molecule has 0 radical (unpaired) electrons. The summed E-state index contributed by atoms with van der Waals surface area (Å²) in [4.78, 5) is 36.2. The van der Waals surface area contributed by atoms with E-state index in [0.29, 0.717) is 18.0 Å². The summed E-state index contributed by atoms with van der Waals surface area (Å²) in [5, 5.41) is 2.83. The third kappa shape index (κ3) is 5.59. The highest BCUT2D eigenvalue weighted by molar-refractivity contribution is 6.03. The lowest BCUT2D eigenvalue weighted by Crippen LogP contribution is -2.43. The molecular formula is C29H26N4O4. The molecule has 0 bridgehead atoms. The largest absolute Gasteiger partial charge is 0.481 e. The van der Waals surface area contributed by atoms with E-state index in [0.717, 1.165) is 27.9 Å². The number of aromatic nitrogens is 1. The van der Waals surface area contributed by atoms with E-state index in [1.165, 1.54) is 0 Å². The summed E-state index contributed by atoms with van der Waals surface area (Å²) in [6.45, 7) is 0.415. The number of benzodiazepines with no additional fused rings is 1. The predicted octanol–water partition coefficient (Wildman–Crippen LogP) is 4.66. The summed E-state index contributed by atoms with van der Waals surface area (Å²) < 4.78 is 10.7. The fourth-order valence-corrected chi connectivity index (χ4v) is 4.24. The van der Waals surface area contributed by atoms with Crippen molar-refractivity contribution in [1.29, 1.82) is 0 Å². The topological polar surface area (TPSA) is 93.1 Å². The van der Waals surface area contributed by atoms with Gasteiger partial charge in [-0.3, -0.25) is 15.1 Å². The molecule has 1 unspecified atom stereocenters. The van der Waals surface area contributed by atoms with Gasteiger partial charge in [-0.05, 0) is 34.9 Å². The summed E-state index contributed by atoms with van der Waals surface area (Å²) in [5.41, 5.74) is 4.94. The van der Waals surface area contributed by atoms with Gasteiger partial charge in [0.05, 0.1) is 25.0 Å². The zero-order chi connectivity index (χ0) is 25.6. The number of amides is 1. The van der Waals surface area contributed by atoms with Crippen LogP contribution in [0.1, 0.15) is 17.5 Å². The van der Waals surface area contributed by atoms with Gasteiger partial charge >= 0.3 is 6.09 Å². The molecule has 1 amide bonds. The summed E-state index contributed by atoms with van der Waals surface area (Å²) in [5.74, 6) is 0.510. The second-order valence-corrected chi connectivity index (χ2v) is 8.58. The molecule has 1 aliphatic carbocycles. The van der Waals surface area contributed by atoms with Crippen molar-refractivity contribution in [2.75, 3.05) is 18.6 Å². The molecule has 2 aromatic carbocycles. The molecule has 0 fully saturated rings. The number of Topliss-reactive ketones (excluding diaryl/α,β-unsaturated/α-hetero) is 1. The minimum atomic E-state index is -0.625. The zero-order valence-electron chi connectivity index (χ0n) is 20.3. The van der Waals surface area contributed by atoms with E-state index >= 15 is 0 Å². The van der Waals surface area contributed by atoms with Crippen LogP contribution in [0.2, 0.25) is 0 Å². The van der Waals surface area contributed by atoms with Gasteiger partial charge in [-0.15, -0.1) is 0 Å².